The van der Waals surface area contributed by atoms with Gasteiger partial charge in [-0.15, -0.1) is 0 Å². The summed E-state index contributed by atoms with van der Waals surface area (Å²) in [6, 6.07) is 8.96. The number of halogens is 3. The number of anilines is 1. The molecule has 8 heteroatoms. The monoisotopic (exact) mass is 577 g/mol. The molecule has 1 aromatic heterocycles. The zero-order valence-electron chi connectivity index (χ0n) is 19.8. The van der Waals surface area contributed by atoms with E-state index in [0.29, 0.717) is 20.6 Å². The summed E-state index contributed by atoms with van der Waals surface area (Å²) in [5, 5.41) is 6.39. The highest BCUT2D eigenvalue weighted by molar-refractivity contribution is 9.10. The number of nitrogens with one attached hydrogen (secondary N) is 2. The first-order valence-corrected chi connectivity index (χ1v) is 14.0. The second-order valence-electron chi connectivity index (χ2n) is 9.73. The van der Waals surface area contributed by atoms with Gasteiger partial charge in [0.2, 0.25) is 5.91 Å². The van der Waals surface area contributed by atoms with Gasteiger partial charge in [0.1, 0.15) is 11.8 Å². The summed E-state index contributed by atoms with van der Waals surface area (Å²) < 4.78 is 6.45. The molecule has 35 heavy (non-hydrogen) atoms. The molecule has 5 rings (SSSR count). The topological polar surface area (TPSA) is 57.5 Å². The van der Waals surface area contributed by atoms with Gasteiger partial charge >= 0.3 is 0 Å². The highest BCUT2D eigenvalue weighted by Crippen LogP contribution is 2.43. The maximum atomic E-state index is 13.6. The second-order valence-corrected chi connectivity index (χ2v) is 11.4. The van der Waals surface area contributed by atoms with Crippen LogP contribution in [0.15, 0.2) is 56.3 Å². The Morgan fingerprint density at radius 1 is 1.17 bits per heavy atom. The molecule has 1 amide bonds. The number of hydrogen-bond donors (Lipinski definition) is 2. The summed E-state index contributed by atoms with van der Waals surface area (Å²) in [4.78, 5) is 13.6. The maximum Gasteiger partial charge on any atom is 0.243 e. The van der Waals surface area contributed by atoms with Gasteiger partial charge in [0.05, 0.1) is 16.4 Å². The molecule has 0 radical (unpaired) electrons. The van der Waals surface area contributed by atoms with E-state index in [1.807, 2.05) is 29.3 Å². The summed E-state index contributed by atoms with van der Waals surface area (Å²) in [5.74, 6) is 1.33. The Kier molecular flexibility index (Phi) is 7.63. The summed E-state index contributed by atoms with van der Waals surface area (Å²) >= 11 is 16.2. The van der Waals surface area contributed by atoms with Crippen LogP contribution in [0.5, 0.6) is 0 Å². The van der Waals surface area contributed by atoms with Crippen LogP contribution in [-0.4, -0.2) is 18.0 Å². The number of allylic oxidation sites excluding steroid dienone is 1. The number of hydrazine groups is 1. The fraction of sp³-hybridized carbons (Fsp3) is 0.444. The van der Waals surface area contributed by atoms with Gasteiger partial charge < -0.3 is 9.73 Å². The fourth-order valence-electron chi connectivity index (χ4n) is 5.60. The van der Waals surface area contributed by atoms with Crippen LogP contribution in [0.3, 0.4) is 0 Å². The van der Waals surface area contributed by atoms with Gasteiger partial charge in [-0.1, -0.05) is 42.5 Å². The third kappa shape index (κ3) is 5.36. The Morgan fingerprint density at radius 2 is 1.97 bits per heavy atom. The van der Waals surface area contributed by atoms with Crippen LogP contribution < -0.4 is 15.8 Å². The molecule has 1 aromatic carbocycles. The van der Waals surface area contributed by atoms with Crippen molar-refractivity contribution >= 4 is 56.8 Å². The Balaban J connectivity index is 1.49. The van der Waals surface area contributed by atoms with Crippen molar-refractivity contribution < 1.29 is 9.21 Å². The molecular formula is C27H30BrCl2N3O2. The standard InChI is InChI=1S/C27H30BrCl2N3O2/c1-16(17-6-3-2-4-7-17)31-27(34)25-21-9-5-8-18(14-20-11-13-24(28)35-20)26(21)33(32-25)23-12-10-19(29)15-22(23)30/h10-17,25,32H,2-9H2,1H3,(H,31,34)/b18-14+/t16-,25?/m1/s1. The summed E-state index contributed by atoms with van der Waals surface area (Å²) in [6.45, 7) is 2.15. The normalized spacial score (nSPS) is 23.0. The van der Waals surface area contributed by atoms with Crippen LogP contribution in [0.25, 0.3) is 6.08 Å². The molecule has 1 fully saturated rings. The first-order chi connectivity index (χ1) is 16.9. The number of amides is 1. The van der Waals surface area contributed by atoms with E-state index in [1.54, 1.807) is 6.07 Å². The minimum Gasteiger partial charge on any atom is -0.450 e. The highest BCUT2D eigenvalue weighted by Gasteiger charge is 2.40. The van der Waals surface area contributed by atoms with Crippen molar-refractivity contribution in [1.82, 2.24) is 10.7 Å². The molecule has 1 aliphatic heterocycles. The van der Waals surface area contributed by atoms with Crippen LogP contribution in [-0.2, 0) is 4.79 Å². The number of carbonyl (C=O) groups is 1. The van der Waals surface area contributed by atoms with Crippen molar-refractivity contribution in [2.75, 3.05) is 5.01 Å². The molecule has 1 unspecified atom stereocenters. The first kappa shape index (κ1) is 24.9. The van der Waals surface area contributed by atoms with Crippen molar-refractivity contribution in [3.8, 4) is 0 Å². The van der Waals surface area contributed by atoms with Gasteiger partial charge in [-0.3, -0.25) is 9.80 Å². The second kappa shape index (κ2) is 10.7. The van der Waals surface area contributed by atoms with Crippen molar-refractivity contribution in [2.45, 2.75) is 70.4 Å². The molecule has 186 valence electrons. The first-order valence-electron chi connectivity index (χ1n) is 12.4. The number of hydrogen-bond acceptors (Lipinski definition) is 4. The lowest BCUT2D eigenvalue weighted by Crippen LogP contribution is -2.50. The average molecular weight is 579 g/mol. The molecule has 3 aliphatic rings. The van der Waals surface area contributed by atoms with Crippen LogP contribution in [0.4, 0.5) is 5.69 Å². The predicted molar refractivity (Wildman–Crippen MR) is 145 cm³/mol. The molecular weight excluding hydrogens is 549 g/mol. The lowest BCUT2D eigenvalue weighted by molar-refractivity contribution is -0.123. The number of furan rings is 1. The molecule has 2 aromatic rings. The number of nitrogens with zero attached hydrogens (tertiary/aromatic N) is 1. The summed E-state index contributed by atoms with van der Waals surface area (Å²) in [5.41, 5.74) is 7.45. The average Bonchev–Trinajstić information content (AvgIpc) is 3.43. The van der Waals surface area contributed by atoms with Crippen molar-refractivity contribution in [3.05, 3.63) is 67.7 Å². The molecule has 5 nitrogen and oxygen atoms in total. The SMILES string of the molecule is C[C@@H](NC(=O)C1NN(c2ccc(Cl)cc2Cl)C2=C1CCC/C2=C\c1ccc(Br)o1)C1CCCCC1. The largest absolute Gasteiger partial charge is 0.450 e. The van der Waals surface area contributed by atoms with Crippen molar-refractivity contribution in [1.29, 1.82) is 0 Å². The van der Waals surface area contributed by atoms with E-state index in [9.17, 15) is 4.79 Å². The molecule has 1 saturated carbocycles. The summed E-state index contributed by atoms with van der Waals surface area (Å²) in [7, 11) is 0. The zero-order chi connectivity index (χ0) is 24.5. The molecule has 2 aliphatic carbocycles. The van der Waals surface area contributed by atoms with Crippen molar-refractivity contribution in [2.24, 2.45) is 5.92 Å². The zero-order valence-corrected chi connectivity index (χ0v) is 22.8. The molecule has 2 N–H and O–H groups in total. The number of benzene rings is 1. The van der Waals surface area contributed by atoms with Crippen molar-refractivity contribution in [3.63, 3.8) is 0 Å². The molecule has 0 spiro atoms. The van der Waals surface area contributed by atoms with E-state index in [0.717, 1.165) is 47.6 Å². The Morgan fingerprint density at radius 3 is 2.69 bits per heavy atom. The molecule has 2 heterocycles. The van der Waals surface area contributed by atoms with Gasteiger partial charge in [-0.2, -0.15) is 0 Å². The quantitative estimate of drug-likeness (QED) is 0.382. The van der Waals surface area contributed by atoms with Crippen LogP contribution in [0.2, 0.25) is 10.0 Å². The third-order valence-electron chi connectivity index (χ3n) is 7.38. The van der Waals surface area contributed by atoms with Gasteiger partial charge in [0, 0.05) is 11.1 Å². The molecule has 0 bridgehead atoms. The fourth-order valence-corrected chi connectivity index (χ4v) is 6.41. The van der Waals surface area contributed by atoms with E-state index in [1.165, 1.54) is 32.1 Å². The van der Waals surface area contributed by atoms with Crippen LogP contribution in [0.1, 0.15) is 64.1 Å². The Bertz CT molecular complexity index is 1170. The minimum absolute atomic E-state index is 0.0187. The van der Waals surface area contributed by atoms with Gasteiger partial charge in [0.25, 0.3) is 0 Å². The van der Waals surface area contributed by atoms with Gasteiger partial charge in [-0.25, -0.2) is 5.43 Å². The van der Waals surface area contributed by atoms with E-state index in [-0.39, 0.29) is 11.9 Å². The van der Waals surface area contributed by atoms with Gasteiger partial charge in [-0.05, 0) is 108 Å². The van der Waals surface area contributed by atoms with E-state index in [4.69, 9.17) is 27.6 Å². The van der Waals surface area contributed by atoms with E-state index >= 15 is 0 Å². The Hall–Kier alpha value is -1.73. The highest BCUT2D eigenvalue weighted by atomic mass is 79.9. The van der Waals surface area contributed by atoms with Crippen LogP contribution >= 0.6 is 39.1 Å². The van der Waals surface area contributed by atoms with E-state index in [2.05, 4.69) is 39.7 Å². The molecule has 2 atom stereocenters. The summed E-state index contributed by atoms with van der Waals surface area (Å²) in [6.07, 6.45) is 10.9. The lowest BCUT2D eigenvalue weighted by Gasteiger charge is -2.29. The number of rotatable bonds is 5. The van der Waals surface area contributed by atoms with Gasteiger partial charge in [0.15, 0.2) is 4.67 Å². The smallest absolute Gasteiger partial charge is 0.243 e. The molecule has 0 saturated heterocycles. The number of carbonyl (C=O) groups excluding carboxylic acids is 1. The van der Waals surface area contributed by atoms with E-state index < -0.39 is 6.04 Å². The minimum atomic E-state index is -0.449. The third-order valence-corrected chi connectivity index (χ3v) is 8.35. The van der Waals surface area contributed by atoms with Crippen LogP contribution in [0, 0.1) is 5.92 Å². The Labute approximate surface area is 225 Å². The predicted octanol–water partition coefficient (Wildman–Crippen LogP) is 7.65. The lowest BCUT2D eigenvalue weighted by atomic mass is 9.84. The maximum absolute atomic E-state index is 13.6.